The predicted octanol–water partition coefficient (Wildman–Crippen LogP) is 2.55. The minimum absolute atomic E-state index is 0.0523. The monoisotopic (exact) mass is 290 g/mol. The van der Waals surface area contributed by atoms with Gasteiger partial charge in [0, 0.05) is 23.9 Å². The van der Waals surface area contributed by atoms with Crippen LogP contribution in [0.5, 0.6) is 0 Å². The fourth-order valence-electron chi connectivity index (χ4n) is 1.95. The molecule has 0 aliphatic carbocycles. The summed E-state index contributed by atoms with van der Waals surface area (Å²) in [6, 6.07) is 1.77. The lowest BCUT2D eigenvalue weighted by molar-refractivity contribution is -0.141. The molecular weight excluding hydrogens is 268 g/mol. The van der Waals surface area contributed by atoms with Crippen LogP contribution in [0.15, 0.2) is 18.5 Å². The molecule has 2 atom stereocenters. The molecule has 0 amide bonds. The minimum Gasteiger partial charge on any atom is -0.481 e. The highest BCUT2D eigenvalue weighted by molar-refractivity contribution is 5.73. The summed E-state index contributed by atoms with van der Waals surface area (Å²) < 4.78 is 1.77. The highest BCUT2D eigenvalue weighted by Crippen LogP contribution is 2.25. The van der Waals surface area contributed by atoms with Gasteiger partial charge in [-0.3, -0.25) is 4.79 Å². The zero-order valence-corrected chi connectivity index (χ0v) is 13.1. The van der Waals surface area contributed by atoms with E-state index in [0.29, 0.717) is 5.82 Å². The van der Waals surface area contributed by atoms with E-state index in [2.05, 4.69) is 36.2 Å². The highest BCUT2D eigenvalue weighted by Gasteiger charge is 2.22. The molecule has 0 bridgehead atoms. The van der Waals surface area contributed by atoms with Crippen LogP contribution in [0.3, 0.4) is 0 Å². The van der Waals surface area contributed by atoms with Gasteiger partial charge >= 0.3 is 5.97 Å². The first-order chi connectivity index (χ1) is 9.70. The number of anilines is 1. The van der Waals surface area contributed by atoms with Gasteiger partial charge in [-0.05, 0) is 19.9 Å². The number of carbonyl (C=O) groups is 1. The molecule has 0 saturated heterocycles. The van der Waals surface area contributed by atoms with E-state index in [1.54, 1.807) is 23.8 Å². The molecule has 2 N–H and O–H groups in total. The average Bonchev–Trinajstić information content (AvgIpc) is 2.82. The second-order valence-electron chi connectivity index (χ2n) is 6.45. The highest BCUT2D eigenvalue weighted by atomic mass is 16.4. The third kappa shape index (κ3) is 3.15. The number of nitrogens with one attached hydrogen (secondary N) is 1. The second kappa shape index (κ2) is 5.35. The first-order valence-corrected chi connectivity index (χ1v) is 7.04. The molecule has 0 radical (unpaired) electrons. The van der Waals surface area contributed by atoms with Crippen molar-refractivity contribution >= 4 is 17.3 Å². The molecule has 6 nitrogen and oxygen atoms in total. The lowest BCUT2D eigenvalue weighted by Gasteiger charge is -2.18. The Balaban J connectivity index is 2.36. The summed E-state index contributed by atoms with van der Waals surface area (Å²) in [7, 11) is 0. The van der Waals surface area contributed by atoms with E-state index in [-0.39, 0.29) is 11.5 Å². The van der Waals surface area contributed by atoms with Crippen molar-refractivity contribution in [3.05, 3.63) is 24.2 Å². The Bertz CT molecular complexity index is 657. The number of hydrogen-bond acceptors (Lipinski definition) is 4. The van der Waals surface area contributed by atoms with Gasteiger partial charge in [-0.25, -0.2) is 9.50 Å². The summed E-state index contributed by atoms with van der Waals surface area (Å²) in [6.45, 7) is 9.82. The molecule has 114 valence electrons. The van der Waals surface area contributed by atoms with Crippen LogP contribution in [-0.4, -0.2) is 31.7 Å². The molecule has 2 unspecified atom stereocenters. The molecule has 0 fully saturated rings. The third-order valence-corrected chi connectivity index (χ3v) is 3.66. The second-order valence-corrected chi connectivity index (χ2v) is 6.45. The zero-order chi connectivity index (χ0) is 15.8. The zero-order valence-electron chi connectivity index (χ0n) is 13.1. The van der Waals surface area contributed by atoms with Crippen LogP contribution < -0.4 is 5.32 Å². The summed E-state index contributed by atoms with van der Waals surface area (Å²) >= 11 is 0. The maximum absolute atomic E-state index is 11.1. The van der Waals surface area contributed by atoms with Crippen molar-refractivity contribution in [1.82, 2.24) is 14.6 Å². The Labute approximate surface area is 124 Å². The van der Waals surface area contributed by atoms with Crippen LogP contribution in [0.1, 0.15) is 40.3 Å². The van der Waals surface area contributed by atoms with Gasteiger partial charge in [-0.15, -0.1) is 0 Å². The number of aliphatic carboxylic acids is 1. The van der Waals surface area contributed by atoms with Crippen molar-refractivity contribution in [2.75, 3.05) is 5.32 Å². The van der Waals surface area contributed by atoms with Crippen molar-refractivity contribution in [1.29, 1.82) is 0 Å². The molecule has 0 aliphatic heterocycles. The topological polar surface area (TPSA) is 79.5 Å². The Morgan fingerprint density at radius 2 is 2.05 bits per heavy atom. The number of nitrogens with zero attached hydrogens (tertiary/aromatic N) is 3. The number of aromatic nitrogens is 3. The molecule has 0 aliphatic rings. The average molecular weight is 290 g/mol. The normalized spacial score (nSPS) is 14.9. The molecule has 2 rings (SSSR count). The van der Waals surface area contributed by atoms with Crippen LogP contribution in [0.2, 0.25) is 0 Å². The standard InChI is InChI=1S/C15H22N4O2/c1-9(14(20)21)10(2)17-13-11-8-12(15(3,4)5)18-19(11)7-6-16-13/h6-10H,1-5H3,(H,16,17)(H,20,21). The lowest BCUT2D eigenvalue weighted by atomic mass is 9.92. The molecule has 0 spiro atoms. The summed E-state index contributed by atoms with van der Waals surface area (Å²) in [6.07, 6.45) is 3.45. The fourth-order valence-corrected chi connectivity index (χ4v) is 1.95. The first-order valence-electron chi connectivity index (χ1n) is 7.04. The molecule has 21 heavy (non-hydrogen) atoms. The largest absolute Gasteiger partial charge is 0.481 e. The molecule has 2 aromatic heterocycles. The van der Waals surface area contributed by atoms with E-state index in [0.717, 1.165) is 11.2 Å². The summed E-state index contributed by atoms with van der Waals surface area (Å²) in [5.41, 5.74) is 1.77. The van der Waals surface area contributed by atoms with Crippen LogP contribution in [0.4, 0.5) is 5.82 Å². The lowest BCUT2D eigenvalue weighted by Crippen LogP contribution is -2.30. The maximum atomic E-state index is 11.1. The van der Waals surface area contributed by atoms with Gasteiger partial charge in [0.15, 0.2) is 5.82 Å². The van der Waals surface area contributed by atoms with E-state index in [4.69, 9.17) is 5.11 Å². The molecule has 0 aromatic carbocycles. The van der Waals surface area contributed by atoms with Gasteiger partial charge in [0.05, 0.1) is 11.6 Å². The Hall–Kier alpha value is -2.11. The van der Waals surface area contributed by atoms with Crippen LogP contribution in [-0.2, 0) is 10.2 Å². The van der Waals surface area contributed by atoms with Crippen molar-refractivity contribution in [2.24, 2.45) is 5.92 Å². The van der Waals surface area contributed by atoms with Crippen molar-refractivity contribution in [3.63, 3.8) is 0 Å². The van der Waals surface area contributed by atoms with Crippen LogP contribution in [0, 0.1) is 5.92 Å². The smallest absolute Gasteiger partial charge is 0.308 e. The van der Waals surface area contributed by atoms with E-state index >= 15 is 0 Å². The van der Waals surface area contributed by atoms with Gasteiger partial charge in [0.25, 0.3) is 0 Å². The van der Waals surface area contributed by atoms with Gasteiger partial charge < -0.3 is 10.4 Å². The predicted molar refractivity (Wildman–Crippen MR) is 81.6 cm³/mol. The maximum Gasteiger partial charge on any atom is 0.308 e. The quantitative estimate of drug-likeness (QED) is 0.904. The Morgan fingerprint density at radius 1 is 1.38 bits per heavy atom. The molecule has 2 heterocycles. The minimum atomic E-state index is -0.828. The van der Waals surface area contributed by atoms with E-state index in [9.17, 15) is 4.79 Å². The SMILES string of the molecule is CC(Nc1nccn2nc(C(C)(C)C)cc12)C(C)C(=O)O. The van der Waals surface area contributed by atoms with Gasteiger partial charge in [-0.1, -0.05) is 20.8 Å². The number of carboxylic acids is 1. The van der Waals surface area contributed by atoms with Crippen LogP contribution in [0.25, 0.3) is 5.52 Å². The Kier molecular flexibility index (Phi) is 3.89. The summed E-state index contributed by atoms with van der Waals surface area (Å²) in [4.78, 5) is 15.4. The van der Waals surface area contributed by atoms with Crippen LogP contribution >= 0.6 is 0 Å². The third-order valence-electron chi connectivity index (χ3n) is 3.66. The fraction of sp³-hybridized carbons (Fsp3) is 0.533. The Morgan fingerprint density at radius 3 is 2.62 bits per heavy atom. The number of fused-ring (bicyclic) bond motifs is 1. The van der Waals surface area contributed by atoms with E-state index < -0.39 is 11.9 Å². The van der Waals surface area contributed by atoms with Crippen molar-refractivity contribution < 1.29 is 9.90 Å². The van der Waals surface area contributed by atoms with E-state index in [1.165, 1.54) is 0 Å². The van der Waals surface area contributed by atoms with Gasteiger partial charge in [-0.2, -0.15) is 5.10 Å². The van der Waals surface area contributed by atoms with E-state index in [1.807, 2.05) is 13.0 Å². The summed E-state index contributed by atoms with van der Waals surface area (Å²) in [5, 5.41) is 16.8. The molecule has 0 saturated carbocycles. The molecule has 6 heteroatoms. The number of hydrogen-bond donors (Lipinski definition) is 2. The van der Waals surface area contributed by atoms with Crippen molar-refractivity contribution in [2.45, 2.75) is 46.1 Å². The number of rotatable bonds is 4. The van der Waals surface area contributed by atoms with Crippen molar-refractivity contribution in [3.8, 4) is 0 Å². The molecule has 2 aromatic rings. The first kappa shape index (κ1) is 15.3. The van der Waals surface area contributed by atoms with Gasteiger partial charge in [0.2, 0.25) is 0 Å². The van der Waals surface area contributed by atoms with Gasteiger partial charge in [0.1, 0.15) is 5.52 Å². The number of carboxylic acid groups (broad SMARTS) is 1. The molecular formula is C15H22N4O2. The summed E-state index contributed by atoms with van der Waals surface area (Å²) in [5.74, 6) is -0.677.